The lowest BCUT2D eigenvalue weighted by atomic mass is 10.1. The zero-order valence-electron chi connectivity index (χ0n) is 13.6. The van der Waals surface area contributed by atoms with Crippen molar-refractivity contribution in [2.45, 2.75) is 6.92 Å². The largest absolute Gasteiger partial charge is 0.466 e. The summed E-state index contributed by atoms with van der Waals surface area (Å²) in [6.07, 6.45) is 1.66. The monoisotopic (exact) mass is 325 g/mol. The Labute approximate surface area is 140 Å². The molecule has 124 valence electrons. The molecule has 0 amide bonds. The number of hydrogen-bond donors (Lipinski definition) is 1. The fourth-order valence-corrected chi connectivity index (χ4v) is 2.13. The Balaban J connectivity index is 2.19. The third kappa shape index (κ3) is 4.23. The van der Waals surface area contributed by atoms with E-state index < -0.39 is 11.9 Å². The normalized spacial score (nSPS) is 11.0. The van der Waals surface area contributed by atoms with E-state index in [0.717, 1.165) is 11.1 Å². The number of ether oxygens (including phenoxy) is 2. The van der Waals surface area contributed by atoms with Gasteiger partial charge in [-0.25, -0.2) is 9.59 Å². The first kappa shape index (κ1) is 17.3. The number of carbonyl (C=O) groups is 2. The van der Waals surface area contributed by atoms with Crippen LogP contribution in [0, 0.1) is 6.92 Å². The standard InChI is InChI=1S/C19H19NO4/c1-13-7-3-4-8-14(13)11-15(18(21)23-2)12-24-19(22)16-9-5-6-10-17(16)20/h3-11H,12,20H2,1-2H3/b15-11+. The van der Waals surface area contributed by atoms with Crippen LogP contribution < -0.4 is 5.73 Å². The van der Waals surface area contributed by atoms with Crippen molar-refractivity contribution in [2.24, 2.45) is 0 Å². The maximum Gasteiger partial charge on any atom is 0.340 e. The number of para-hydroxylation sites is 1. The van der Waals surface area contributed by atoms with Crippen LogP contribution in [0.25, 0.3) is 6.08 Å². The summed E-state index contributed by atoms with van der Waals surface area (Å²) in [6.45, 7) is 1.73. The Bertz CT molecular complexity index is 780. The summed E-state index contributed by atoms with van der Waals surface area (Å²) in [5, 5.41) is 0. The number of aryl methyl sites for hydroxylation is 1. The summed E-state index contributed by atoms with van der Waals surface area (Å²) in [5.41, 5.74) is 8.43. The van der Waals surface area contributed by atoms with E-state index in [1.807, 2.05) is 31.2 Å². The van der Waals surface area contributed by atoms with Gasteiger partial charge in [-0.1, -0.05) is 36.4 Å². The number of hydrogen-bond acceptors (Lipinski definition) is 5. The predicted octanol–water partition coefficient (Wildman–Crippen LogP) is 2.99. The number of methoxy groups -OCH3 is 1. The lowest BCUT2D eigenvalue weighted by molar-refractivity contribution is -0.136. The van der Waals surface area contributed by atoms with E-state index in [1.54, 1.807) is 30.3 Å². The molecule has 0 saturated carbocycles. The number of anilines is 1. The van der Waals surface area contributed by atoms with Crippen molar-refractivity contribution in [1.82, 2.24) is 0 Å². The molecule has 0 aliphatic heterocycles. The van der Waals surface area contributed by atoms with Crippen molar-refractivity contribution in [3.63, 3.8) is 0 Å². The number of nitrogens with two attached hydrogens (primary N) is 1. The molecule has 0 aromatic heterocycles. The molecular formula is C19H19NO4. The zero-order valence-corrected chi connectivity index (χ0v) is 13.6. The second-order valence-corrected chi connectivity index (χ2v) is 5.18. The van der Waals surface area contributed by atoms with Crippen molar-refractivity contribution in [1.29, 1.82) is 0 Å². The molecule has 0 fully saturated rings. The fourth-order valence-electron chi connectivity index (χ4n) is 2.13. The minimum atomic E-state index is -0.590. The van der Waals surface area contributed by atoms with Gasteiger partial charge in [0.05, 0.1) is 18.2 Å². The molecule has 0 saturated heterocycles. The number of rotatable bonds is 5. The highest BCUT2D eigenvalue weighted by molar-refractivity contribution is 5.97. The second kappa shape index (κ2) is 7.97. The average molecular weight is 325 g/mol. The molecule has 5 nitrogen and oxygen atoms in total. The minimum absolute atomic E-state index is 0.200. The van der Waals surface area contributed by atoms with E-state index >= 15 is 0 Å². The first-order chi connectivity index (χ1) is 11.5. The lowest BCUT2D eigenvalue weighted by Gasteiger charge is -2.09. The molecule has 24 heavy (non-hydrogen) atoms. The van der Waals surface area contributed by atoms with Crippen molar-refractivity contribution in [3.05, 3.63) is 70.8 Å². The Morgan fingerprint density at radius 1 is 1.08 bits per heavy atom. The van der Waals surface area contributed by atoms with E-state index in [0.29, 0.717) is 5.69 Å². The summed E-state index contributed by atoms with van der Waals surface area (Å²) >= 11 is 0. The van der Waals surface area contributed by atoms with E-state index in [-0.39, 0.29) is 17.7 Å². The highest BCUT2D eigenvalue weighted by Crippen LogP contribution is 2.16. The van der Waals surface area contributed by atoms with Gasteiger partial charge >= 0.3 is 11.9 Å². The topological polar surface area (TPSA) is 78.6 Å². The predicted molar refractivity (Wildman–Crippen MR) is 92.3 cm³/mol. The van der Waals surface area contributed by atoms with E-state index in [2.05, 4.69) is 0 Å². The van der Waals surface area contributed by atoms with Crippen molar-refractivity contribution >= 4 is 23.7 Å². The van der Waals surface area contributed by atoms with Gasteiger partial charge in [0.1, 0.15) is 6.61 Å². The Morgan fingerprint density at radius 2 is 1.75 bits per heavy atom. The molecule has 0 bridgehead atoms. The van der Waals surface area contributed by atoms with Gasteiger partial charge in [-0.2, -0.15) is 0 Å². The molecule has 2 aromatic carbocycles. The van der Waals surface area contributed by atoms with Crippen LogP contribution >= 0.6 is 0 Å². The Hall–Kier alpha value is -3.08. The van der Waals surface area contributed by atoms with Gasteiger partial charge in [-0.15, -0.1) is 0 Å². The zero-order chi connectivity index (χ0) is 17.5. The molecule has 5 heteroatoms. The maximum atomic E-state index is 12.1. The number of benzene rings is 2. The average Bonchev–Trinajstić information content (AvgIpc) is 2.59. The van der Waals surface area contributed by atoms with Crippen LogP contribution in [0.3, 0.4) is 0 Å². The van der Waals surface area contributed by atoms with Gasteiger partial charge in [0, 0.05) is 5.69 Å². The van der Waals surface area contributed by atoms with Crippen molar-refractivity contribution in [3.8, 4) is 0 Å². The van der Waals surface area contributed by atoms with Crippen LogP contribution in [0.2, 0.25) is 0 Å². The Kier molecular flexibility index (Phi) is 5.73. The van der Waals surface area contributed by atoms with Crippen LogP contribution in [0.1, 0.15) is 21.5 Å². The van der Waals surface area contributed by atoms with Crippen LogP contribution in [0.15, 0.2) is 54.1 Å². The molecular weight excluding hydrogens is 306 g/mol. The van der Waals surface area contributed by atoms with Crippen LogP contribution in [-0.2, 0) is 14.3 Å². The van der Waals surface area contributed by atoms with Crippen LogP contribution in [0.5, 0.6) is 0 Å². The summed E-state index contributed by atoms with van der Waals surface area (Å²) in [5.74, 6) is -1.14. The maximum absolute atomic E-state index is 12.1. The van der Waals surface area contributed by atoms with Crippen molar-refractivity contribution in [2.75, 3.05) is 19.5 Å². The Morgan fingerprint density at radius 3 is 2.42 bits per heavy atom. The lowest BCUT2D eigenvalue weighted by Crippen LogP contribution is -2.15. The molecule has 2 rings (SSSR count). The second-order valence-electron chi connectivity index (χ2n) is 5.18. The van der Waals surface area contributed by atoms with Gasteiger partial charge in [-0.3, -0.25) is 0 Å². The third-order valence-electron chi connectivity index (χ3n) is 3.51. The van der Waals surface area contributed by atoms with Gasteiger partial charge in [-0.05, 0) is 36.3 Å². The quantitative estimate of drug-likeness (QED) is 0.519. The van der Waals surface area contributed by atoms with Crippen LogP contribution in [-0.4, -0.2) is 25.7 Å². The van der Waals surface area contributed by atoms with E-state index in [9.17, 15) is 9.59 Å². The smallest absolute Gasteiger partial charge is 0.340 e. The highest BCUT2D eigenvalue weighted by Gasteiger charge is 2.16. The van der Waals surface area contributed by atoms with Gasteiger partial charge < -0.3 is 15.2 Å². The fraction of sp³-hybridized carbons (Fsp3) is 0.158. The summed E-state index contributed by atoms with van der Waals surface area (Å²) in [4.78, 5) is 24.1. The number of carbonyl (C=O) groups excluding carboxylic acids is 2. The summed E-state index contributed by atoms with van der Waals surface area (Å²) in [7, 11) is 1.28. The molecule has 2 N–H and O–H groups in total. The van der Waals surface area contributed by atoms with Crippen LogP contribution in [0.4, 0.5) is 5.69 Å². The summed E-state index contributed by atoms with van der Waals surface area (Å²) in [6, 6.07) is 14.2. The SMILES string of the molecule is COC(=O)/C(=C/c1ccccc1C)COC(=O)c1ccccc1N. The summed E-state index contributed by atoms with van der Waals surface area (Å²) < 4.78 is 9.98. The number of nitrogen functional groups attached to an aromatic ring is 1. The first-order valence-electron chi connectivity index (χ1n) is 7.39. The molecule has 0 aliphatic carbocycles. The molecule has 0 heterocycles. The number of esters is 2. The molecule has 0 radical (unpaired) electrons. The molecule has 0 atom stereocenters. The molecule has 2 aromatic rings. The van der Waals surface area contributed by atoms with Gasteiger partial charge in [0.15, 0.2) is 0 Å². The minimum Gasteiger partial charge on any atom is -0.466 e. The molecule has 0 unspecified atom stereocenters. The molecule has 0 spiro atoms. The van der Waals surface area contributed by atoms with Gasteiger partial charge in [0.25, 0.3) is 0 Å². The highest BCUT2D eigenvalue weighted by atomic mass is 16.5. The molecule has 0 aliphatic rings. The van der Waals surface area contributed by atoms with Crippen molar-refractivity contribution < 1.29 is 19.1 Å². The first-order valence-corrected chi connectivity index (χ1v) is 7.39. The van der Waals surface area contributed by atoms with E-state index in [4.69, 9.17) is 15.2 Å². The third-order valence-corrected chi connectivity index (χ3v) is 3.51. The van der Waals surface area contributed by atoms with Gasteiger partial charge in [0.2, 0.25) is 0 Å². The van der Waals surface area contributed by atoms with E-state index in [1.165, 1.54) is 7.11 Å².